The van der Waals surface area contributed by atoms with Gasteiger partial charge in [0.25, 0.3) is 0 Å². The van der Waals surface area contributed by atoms with Gasteiger partial charge in [-0.1, -0.05) is 13.3 Å². The summed E-state index contributed by atoms with van der Waals surface area (Å²) in [5.41, 5.74) is 0.856. The molecule has 0 aliphatic carbocycles. The Balaban J connectivity index is 1.96. The molecule has 118 valence electrons. The number of anilines is 1. The second kappa shape index (κ2) is 8.05. The number of nitrogens with zero attached hydrogens (tertiary/aromatic N) is 1. The highest BCUT2D eigenvalue weighted by atomic mass is 32.1. The van der Waals surface area contributed by atoms with Gasteiger partial charge in [0, 0.05) is 23.6 Å². The average Bonchev–Trinajstić information content (AvgIpc) is 3.11. The molecule has 0 aromatic carbocycles. The van der Waals surface area contributed by atoms with Crippen molar-refractivity contribution in [3.05, 3.63) is 22.4 Å². The van der Waals surface area contributed by atoms with Gasteiger partial charge >= 0.3 is 0 Å². The van der Waals surface area contributed by atoms with Gasteiger partial charge < -0.3 is 10.6 Å². The highest BCUT2D eigenvalue weighted by Crippen LogP contribution is 2.30. The minimum atomic E-state index is -0.0410. The van der Waals surface area contributed by atoms with Crippen LogP contribution in [-0.2, 0) is 16.1 Å². The molecule has 0 fully saturated rings. The highest BCUT2D eigenvalue weighted by Gasteiger charge is 2.10. The lowest BCUT2D eigenvalue weighted by molar-refractivity contribution is -0.119. The molecule has 2 N–H and O–H groups in total. The van der Waals surface area contributed by atoms with E-state index in [0.717, 1.165) is 28.3 Å². The molecule has 22 heavy (non-hydrogen) atoms. The Bertz CT molecular complexity index is 649. The maximum Gasteiger partial charge on any atom is 0.226 e. The third-order valence-corrected chi connectivity index (χ3v) is 4.80. The van der Waals surface area contributed by atoms with Crippen molar-refractivity contribution >= 4 is 39.6 Å². The SMILES string of the molecule is CCCCC(=O)Nc1nc(-c2ccc(CNC(C)=O)s2)cs1. The minimum Gasteiger partial charge on any atom is -0.351 e. The summed E-state index contributed by atoms with van der Waals surface area (Å²) in [6, 6.07) is 3.97. The van der Waals surface area contributed by atoms with Gasteiger partial charge in [-0.15, -0.1) is 22.7 Å². The molecule has 7 heteroatoms. The molecule has 0 atom stereocenters. The summed E-state index contributed by atoms with van der Waals surface area (Å²) in [7, 11) is 0. The number of aromatic nitrogens is 1. The molecular formula is C15H19N3O2S2. The van der Waals surface area contributed by atoms with Crippen LogP contribution in [0.2, 0.25) is 0 Å². The predicted octanol–water partition coefficient (Wildman–Crippen LogP) is 3.64. The molecule has 2 heterocycles. The zero-order valence-electron chi connectivity index (χ0n) is 12.6. The summed E-state index contributed by atoms with van der Waals surface area (Å²) in [4.78, 5) is 29.2. The van der Waals surface area contributed by atoms with E-state index in [-0.39, 0.29) is 11.8 Å². The number of thiazole rings is 1. The number of nitrogens with one attached hydrogen (secondary N) is 2. The maximum atomic E-state index is 11.7. The van der Waals surface area contributed by atoms with Crippen molar-refractivity contribution in [1.82, 2.24) is 10.3 Å². The molecule has 2 rings (SSSR count). The number of hydrogen-bond donors (Lipinski definition) is 2. The number of thiophene rings is 1. The van der Waals surface area contributed by atoms with Crippen molar-refractivity contribution in [3.63, 3.8) is 0 Å². The molecule has 0 saturated carbocycles. The van der Waals surface area contributed by atoms with Crippen molar-refractivity contribution < 1.29 is 9.59 Å². The molecule has 0 bridgehead atoms. The fourth-order valence-corrected chi connectivity index (χ4v) is 3.50. The molecule has 0 unspecified atom stereocenters. The van der Waals surface area contributed by atoms with E-state index in [1.807, 2.05) is 17.5 Å². The third kappa shape index (κ3) is 4.92. The van der Waals surface area contributed by atoms with E-state index in [4.69, 9.17) is 0 Å². The molecule has 0 aliphatic heterocycles. The van der Waals surface area contributed by atoms with E-state index in [1.54, 1.807) is 11.3 Å². The van der Waals surface area contributed by atoms with Crippen LogP contribution >= 0.6 is 22.7 Å². The van der Waals surface area contributed by atoms with Crippen molar-refractivity contribution in [2.24, 2.45) is 0 Å². The number of amides is 2. The monoisotopic (exact) mass is 337 g/mol. The van der Waals surface area contributed by atoms with Gasteiger partial charge in [-0.3, -0.25) is 9.59 Å². The van der Waals surface area contributed by atoms with E-state index in [0.29, 0.717) is 18.1 Å². The van der Waals surface area contributed by atoms with Gasteiger partial charge in [-0.2, -0.15) is 0 Å². The first kappa shape index (κ1) is 16.6. The number of carbonyl (C=O) groups excluding carboxylic acids is 2. The van der Waals surface area contributed by atoms with Gasteiger partial charge in [-0.05, 0) is 18.6 Å². The Hall–Kier alpha value is -1.73. The Morgan fingerprint density at radius 1 is 1.32 bits per heavy atom. The van der Waals surface area contributed by atoms with Crippen molar-refractivity contribution in [1.29, 1.82) is 0 Å². The molecule has 5 nitrogen and oxygen atoms in total. The zero-order chi connectivity index (χ0) is 15.9. The van der Waals surface area contributed by atoms with E-state index in [2.05, 4.69) is 22.5 Å². The van der Waals surface area contributed by atoms with Crippen molar-refractivity contribution in [3.8, 4) is 10.6 Å². The average molecular weight is 337 g/mol. The lowest BCUT2D eigenvalue weighted by Gasteiger charge is -1.99. The summed E-state index contributed by atoms with van der Waals surface area (Å²) in [6.07, 6.45) is 2.43. The first-order valence-electron chi connectivity index (χ1n) is 7.17. The van der Waals surface area contributed by atoms with Crippen LogP contribution < -0.4 is 10.6 Å². The molecule has 0 radical (unpaired) electrons. The topological polar surface area (TPSA) is 71.1 Å². The zero-order valence-corrected chi connectivity index (χ0v) is 14.3. The summed E-state index contributed by atoms with van der Waals surface area (Å²) in [6.45, 7) is 4.09. The van der Waals surface area contributed by atoms with Crippen LogP contribution in [0, 0.1) is 0 Å². The summed E-state index contributed by atoms with van der Waals surface area (Å²) in [5.74, 6) is -0.0269. The maximum absolute atomic E-state index is 11.7. The predicted molar refractivity (Wildman–Crippen MR) is 91.1 cm³/mol. The normalized spacial score (nSPS) is 10.5. The highest BCUT2D eigenvalue weighted by molar-refractivity contribution is 7.17. The summed E-state index contributed by atoms with van der Waals surface area (Å²) < 4.78 is 0. The van der Waals surface area contributed by atoms with Crippen LogP contribution in [0.25, 0.3) is 10.6 Å². The molecule has 0 aliphatic rings. The van der Waals surface area contributed by atoms with Gasteiger partial charge in [0.1, 0.15) is 0 Å². The lowest BCUT2D eigenvalue weighted by atomic mass is 10.2. The smallest absolute Gasteiger partial charge is 0.226 e. The fraction of sp³-hybridized carbons (Fsp3) is 0.400. The van der Waals surface area contributed by atoms with Gasteiger partial charge in [0.2, 0.25) is 11.8 Å². The Morgan fingerprint density at radius 2 is 2.14 bits per heavy atom. The summed E-state index contributed by atoms with van der Waals surface area (Å²) >= 11 is 3.02. The van der Waals surface area contributed by atoms with Crippen LogP contribution in [0.4, 0.5) is 5.13 Å². The van der Waals surface area contributed by atoms with Crippen molar-refractivity contribution in [2.45, 2.75) is 39.7 Å². The van der Waals surface area contributed by atoms with E-state index >= 15 is 0 Å². The lowest BCUT2D eigenvalue weighted by Crippen LogP contribution is -2.17. The fourth-order valence-electron chi connectivity index (χ4n) is 1.79. The van der Waals surface area contributed by atoms with E-state index in [9.17, 15) is 9.59 Å². The van der Waals surface area contributed by atoms with Crippen LogP contribution in [0.15, 0.2) is 17.5 Å². The second-order valence-corrected chi connectivity index (χ2v) is 6.89. The summed E-state index contributed by atoms with van der Waals surface area (Å²) in [5, 5.41) is 8.17. The number of rotatable bonds is 7. The van der Waals surface area contributed by atoms with Crippen LogP contribution in [0.3, 0.4) is 0 Å². The van der Waals surface area contributed by atoms with Crippen LogP contribution in [0.5, 0.6) is 0 Å². The minimum absolute atomic E-state index is 0.0141. The quantitative estimate of drug-likeness (QED) is 0.810. The Labute approximate surface area is 137 Å². The van der Waals surface area contributed by atoms with Crippen LogP contribution in [0.1, 0.15) is 38.0 Å². The standard InChI is InChI=1S/C15H19N3O2S2/c1-3-4-5-14(20)18-15-17-12(9-21-15)13-7-6-11(22-13)8-16-10(2)19/h6-7,9H,3-5,8H2,1-2H3,(H,16,19)(H,17,18,20). The third-order valence-electron chi connectivity index (χ3n) is 2.93. The number of hydrogen-bond acceptors (Lipinski definition) is 5. The van der Waals surface area contributed by atoms with E-state index < -0.39 is 0 Å². The van der Waals surface area contributed by atoms with Gasteiger partial charge in [0.15, 0.2) is 5.13 Å². The Kier molecular flexibility index (Phi) is 6.09. The first-order valence-corrected chi connectivity index (χ1v) is 8.87. The Morgan fingerprint density at radius 3 is 2.86 bits per heavy atom. The molecule has 2 aromatic rings. The van der Waals surface area contributed by atoms with Gasteiger partial charge in [-0.25, -0.2) is 4.98 Å². The second-order valence-electron chi connectivity index (χ2n) is 4.87. The molecule has 0 saturated heterocycles. The molecule has 2 amide bonds. The molecule has 2 aromatic heterocycles. The number of unbranched alkanes of at least 4 members (excludes halogenated alkanes) is 1. The first-order chi connectivity index (χ1) is 10.6. The van der Waals surface area contributed by atoms with Crippen molar-refractivity contribution in [2.75, 3.05) is 5.32 Å². The van der Waals surface area contributed by atoms with Crippen LogP contribution in [-0.4, -0.2) is 16.8 Å². The molecular weight excluding hydrogens is 318 g/mol. The molecule has 0 spiro atoms. The van der Waals surface area contributed by atoms with Gasteiger partial charge in [0.05, 0.1) is 17.1 Å². The largest absolute Gasteiger partial charge is 0.351 e. The number of carbonyl (C=O) groups is 2. The van der Waals surface area contributed by atoms with E-state index in [1.165, 1.54) is 18.3 Å².